The van der Waals surface area contributed by atoms with Gasteiger partial charge in [0.1, 0.15) is 5.69 Å². The molecule has 1 heterocycles. The average Bonchev–Trinajstić information content (AvgIpc) is 2.84. The largest absolute Gasteiger partial charge is 0.356 e. The summed E-state index contributed by atoms with van der Waals surface area (Å²) in [7, 11) is -3.21. The first-order valence-corrected chi connectivity index (χ1v) is 8.90. The van der Waals surface area contributed by atoms with Crippen molar-refractivity contribution < 1.29 is 13.2 Å². The predicted octanol–water partition coefficient (Wildman–Crippen LogP) is 2.67. The van der Waals surface area contributed by atoms with Crippen LogP contribution >= 0.6 is 15.9 Å². The topological polar surface area (TPSA) is 79.0 Å². The molecule has 1 unspecified atom stereocenters. The van der Waals surface area contributed by atoms with Crippen LogP contribution in [0, 0.1) is 0 Å². The van der Waals surface area contributed by atoms with Crippen molar-refractivity contribution in [3.63, 3.8) is 0 Å². The number of aromatic nitrogens is 1. The van der Waals surface area contributed by atoms with E-state index < -0.39 is 9.84 Å². The van der Waals surface area contributed by atoms with Crippen molar-refractivity contribution in [2.75, 3.05) is 6.26 Å². The number of sulfone groups is 1. The molecule has 2 aromatic rings. The van der Waals surface area contributed by atoms with E-state index >= 15 is 0 Å². The molecule has 7 heteroatoms. The maximum atomic E-state index is 12.0. The lowest BCUT2D eigenvalue weighted by Crippen LogP contribution is -2.26. The zero-order chi connectivity index (χ0) is 15.6. The van der Waals surface area contributed by atoms with Crippen LogP contribution in [0.2, 0.25) is 0 Å². The second-order valence-corrected chi connectivity index (χ2v) is 7.70. The van der Waals surface area contributed by atoms with Crippen molar-refractivity contribution in [2.45, 2.75) is 17.9 Å². The SMILES string of the molecule is CC(NC(=O)c1cc(Br)c[nH]1)c1ccc(S(C)(=O)=O)cc1. The van der Waals surface area contributed by atoms with Crippen LogP contribution in [-0.2, 0) is 9.84 Å². The minimum atomic E-state index is -3.21. The Morgan fingerprint density at radius 1 is 1.29 bits per heavy atom. The molecule has 0 fully saturated rings. The number of halogens is 1. The molecule has 2 N–H and O–H groups in total. The van der Waals surface area contributed by atoms with Gasteiger partial charge in [0, 0.05) is 16.9 Å². The molecule has 1 atom stereocenters. The van der Waals surface area contributed by atoms with Gasteiger partial charge in [-0.25, -0.2) is 8.42 Å². The summed E-state index contributed by atoms with van der Waals surface area (Å²) >= 11 is 3.27. The summed E-state index contributed by atoms with van der Waals surface area (Å²) in [6, 6.07) is 7.94. The highest BCUT2D eigenvalue weighted by atomic mass is 79.9. The molecule has 5 nitrogen and oxygen atoms in total. The summed E-state index contributed by atoms with van der Waals surface area (Å²) in [5.74, 6) is -0.222. The fourth-order valence-corrected chi connectivity index (χ4v) is 2.83. The molecule has 112 valence electrons. The molecule has 1 aromatic carbocycles. The number of carbonyl (C=O) groups is 1. The summed E-state index contributed by atoms with van der Waals surface area (Å²) in [6.45, 7) is 1.84. The van der Waals surface area contributed by atoms with Gasteiger partial charge in [-0.05, 0) is 46.6 Å². The number of rotatable bonds is 4. The summed E-state index contributed by atoms with van der Waals surface area (Å²) in [5, 5.41) is 2.84. The van der Waals surface area contributed by atoms with Crippen molar-refractivity contribution in [1.29, 1.82) is 0 Å². The lowest BCUT2D eigenvalue weighted by atomic mass is 10.1. The molecule has 0 aliphatic rings. The van der Waals surface area contributed by atoms with E-state index in [1.165, 1.54) is 0 Å². The van der Waals surface area contributed by atoms with E-state index in [4.69, 9.17) is 0 Å². The fourth-order valence-electron chi connectivity index (χ4n) is 1.86. The number of nitrogens with one attached hydrogen (secondary N) is 2. The van der Waals surface area contributed by atoms with E-state index in [0.717, 1.165) is 16.3 Å². The molecule has 0 saturated heterocycles. The van der Waals surface area contributed by atoms with Gasteiger partial charge < -0.3 is 10.3 Å². The van der Waals surface area contributed by atoms with Gasteiger partial charge in [-0.2, -0.15) is 0 Å². The van der Waals surface area contributed by atoms with Crippen molar-refractivity contribution >= 4 is 31.7 Å². The van der Waals surface area contributed by atoms with E-state index in [0.29, 0.717) is 5.69 Å². The smallest absolute Gasteiger partial charge is 0.268 e. The van der Waals surface area contributed by atoms with E-state index in [2.05, 4.69) is 26.2 Å². The Balaban J connectivity index is 2.10. The second kappa shape index (κ2) is 6.03. The first-order valence-electron chi connectivity index (χ1n) is 6.22. The Hall–Kier alpha value is -1.60. The van der Waals surface area contributed by atoms with Gasteiger partial charge in [0.2, 0.25) is 0 Å². The van der Waals surface area contributed by atoms with E-state index in [1.807, 2.05) is 6.92 Å². The molecule has 0 radical (unpaired) electrons. The highest BCUT2D eigenvalue weighted by Gasteiger charge is 2.14. The number of aromatic amines is 1. The molecule has 2 rings (SSSR count). The van der Waals surface area contributed by atoms with E-state index in [-0.39, 0.29) is 16.8 Å². The number of hydrogen-bond acceptors (Lipinski definition) is 3. The van der Waals surface area contributed by atoms with Gasteiger partial charge in [0.15, 0.2) is 9.84 Å². The van der Waals surface area contributed by atoms with E-state index in [1.54, 1.807) is 36.5 Å². The van der Waals surface area contributed by atoms with Crippen LogP contribution in [0.4, 0.5) is 0 Å². The van der Waals surface area contributed by atoms with Crippen molar-refractivity contribution in [1.82, 2.24) is 10.3 Å². The molecule has 0 bridgehead atoms. The average molecular weight is 371 g/mol. The fraction of sp³-hybridized carbons (Fsp3) is 0.214. The van der Waals surface area contributed by atoms with Gasteiger partial charge in [0.25, 0.3) is 5.91 Å². The Morgan fingerprint density at radius 3 is 2.38 bits per heavy atom. The molecule has 0 aliphatic heterocycles. The highest BCUT2D eigenvalue weighted by molar-refractivity contribution is 9.10. The van der Waals surface area contributed by atoms with Crippen molar-refractivity contribution in [2.24, 2.45) is 0 Å². The molecule has 1 amide bonds. The molecule has 0 spiro atoms. The number of hydrogen-bond donors (Lipinski definition) is 2. The minimum Gasteiger partial charge on any atom is -0.356 e. The van der Waals surface area contributed by atoms with Gasteiger partial charge in [-0.15, -0.1) is 0 Å². The Morgan fingerprint density at radius 2 is 1.90 bits per heavy atom. The second-order valence-electron chi connectivity index (χ2n) is 4.77. The third kappa shape index (κ3) is 3.95. The van der Waals surface area contributed by atoms with Crippen LogP contribution in [0.15, 0.2) is 45.9 Å². The maximum absolute atomic E-state index is 12.0. The highest BCUT2D eigenvalue weighted by Crippen LogP contribution is 2.17. The third-order valence-electron chi connectivity index (χ3n) is 3.05. The summed E-state index contributed by atoms with van der Waals surface area (Å²) in [4.78, 5) is 15.1. The first kappa shape index (κ1) is 15.8. The zero-order valence-corrected chi connectivity index (χ0v) is 14.0. The Labute approximate surface area is 131 Å². The van der Waals surface area contributed by atoms with Crippen molar-refractivity contribution in [3.8, 4) is 0 Å². The van der Waals surface area contributed by atoms with Gasteiger partial charge in [-0.3, -0.25) is 4.79 Å². The predicted molar refractivity (Wildman–Crippen MR) is 83.9 cm³/mol. The van der Waals surface area contributed by atoms with Crippen LogP contribution in [0.1, 0.15) is 29.0 Å². The summed E-state index contributed by atoms with van der Waals surface area (Å²) < 4.78 is 23.6. The lowest BCUT2D eigenvalue weighted by Gasteiger charge is -2.14. The maximum Gasteiger partial charge on any atom is 0.268 e. The van der Waals surface area contributed by atoms with Crippen molar-refractivity contribution in [3.05, 3.63) is 52.3 Å². The number of H-pyrrole nitrogens is 1. The summed E-state index contributed by atoms with van der Waals surface area (Å²) in [6.07, 6.45) is 2.84. The molecule has 0 aliphatic carbocycles. The molecular formula is C14H15BrN2O3S. The monoisotopic (exact) mass is 370 g/mol. The zero-order valence-electron chi connectivity index (χ0n) is 11.6. The number of benzene rings is 1. The normalized spacial score (nSPS) is 12.9. The number of amides is 1. The Kier molecular flexibility index (Phi) is 4.53. The third-order valence-corrected chi connectivity index (χ3v) is 4.63. The van der Waals surface area contributed by atoms with Crippen LogP contribution < -0.4 is 5.32 Å². The lowest BCUT2D eigenvalue weighted by molar-refractivity contribution is 0.0935. The Bertz CT molecular complexity index is 751. The standard InChI is InChI=1S/C14H15BrN2O3S/c1-9(17-14(18)13-7-11(15)8-16-13)10-3-5-12(6-4-10)21(2,19)20/h3-9,16H,1-2H3,(H,17,18). The molecule has 0 saturated carbocycles. The van der Waals surface area contributed by atoms with Gasteiger partial charge in [0.05, 0.1) is 10.9 Å². The quantitative estimate of drug-likeness (QED) is 0.867. The van der Waals surface area contributed by atoms with Crippen LogP contribution in [0.25, 0.3) is 0 Å². The van der Waals surface area contributed by atoms with Gasteiger partial charge in [-0.1, -0.05) is 12.1 Å². The van der Waals surface area contributed by atoms with Gasteiger partial charge >= 0.3 is 0 Å². The summed E-state index contributed by atoms with van der Waals surface area (Å²) in [5.41, 5.74) is 1.29. The van der Waals surface area contributed by atoms with Crippen LogP contribution in [0.5, 0.6) is 0 Å². The number of carbonyl (C=O) groups excluding carboxylic acids is 1. The first-order chi connectivity index (χ1) is 9.77. The molecular weight excluding hydrogens is 356 g/mol. The molecule has 1 aromatic heterocycles. The van der Waals surface area contributed by atoms with Crippen LogP contribution in [-0.4, -0.2) is 25.6 Å². The minimum absolute atomic E-state index is 0.222. The van der Waals surface area contributed by atoms with E-state index in [9.17, 15) is 13.2 Å². The molecule has 21 heavy (non-hydrogen) atoms. The van der Waals surface area contributed by atoms with Crippen LogP contribution in [0.3, 0.4) is 0 Å².